The van der Waals surface area contributed by atoms with Crippen LogP contribution < -0.4 is 4.90 Å². The molecule has 0 aromatic heterocycles. The van der Waals surface area contributed by atoms with Gasteiger partial charge < -0.3 is 4.90 Å². The summed E-state index contributed by atoms with van der Waals surface area (Å²) in [5.41, 5.74) is 1.90. The Morgan fingerprint density at radius 1 is 1.11 bits per heavy atom. The minimum atomic E-state index is 0.521. The highest BCUT2D eigenvalue weighted by atomic mass is 79.9. The lowest BCUT2D eigenvalue weighted by Crippen LogP contribution is -2.31. The Morgan fingerprint density at radius 3 is 2.53 bits per heavy atom. The standard InChI is InChI=1S/C17H20BrN/c1-2-19(13-17(12-18)10-11-17)16-9-5-7-14-6-3-4-8-15(14)16/h3-9H,2,10-13H2,1H3. The van der Waals surface area contributed by atoms with Gasteiger partial charge in [0.1, 0.15) is 0 Å². The zero-order valence-electron chi connectivity index (χ0n) is 11.4. The molecule has 0 saturated heterocycles. The Kier molecular flexibility index (Phi) is 3.53. The van der Waals surface area contributed by atoms with Crippen LogP contribution in [-0.4, -0.2) is 18.4 Å². The van der Waals surface area contributed by atoms with Crippen LogP contribution in [-0.2, 0) is 0 Å². The van der Waals surface area contributed by atoms with E-state index in [2.05, 4.69) is 70.2 Å². The van der Waals surface area contributed by atoms with Crippen molar-refractivity contribution in [3.63, 3.8) is 0 Å². The number of anilines is 1. The van der Waals surface area contributed by atoms with E-state index in [-0.39, 0.29) is 0 Å². The lowest BCUT2D eigenvalue weighted by atomic mass is 10.1. The molecule has 0 N–H and O–H groups in total. The molecule has 0 amide bonds. The fourth-order valence-corrected chi connectivity index (χ4v) is 3.51. The monoisotopic (exact) mass is 317 g/mol. The van der Waals surface area contributed by atoms with Crippen LogP contribution >= 0.6 is 15.9 Å². The van der Waals surface area contributed by atoms with Gasteiger partial charge in [0.05, 0.1) is 0 Å². The molecule has 2 aromatic rings. The highest BCUT2D eigenvalue weighted by Gasteiger charge is 2.42. The van der Waals surface area contributed by atoms with Gasteiger partial charge in [-0.1, -0.05) is 52.3 Å². The van der Waals surface area contributed by atoms with Crippen LogP contribution in [0.15, 0.2) is 42.5 Å². The number of benzene rings is 2. The molecule has 1 aliphatic carbocycles. The normalized spacial score (nSPS) is 16.5. The molecule has 1 nitrogen and oxygen atoms in total. The van der Waals surface area contributed by atoms with Crippen molar-refractivity contribution in [2.24, 2.45) is 5.41 Å². The largest absolute Gasteiger partial charge is 0.371 e. The Balaban J connectivity index is 1.97. The molecule has 100 valence electrons. The minimum Gasteiger partial charge on any atom is -0.371 e. The van der Waals surface area contributed by atoms with E-state index >= 15 is 0 Å². The van der Waals surface area contributed by atoms with E-state index < -0.39 is 0 Å². The van der Waals surface area contributed by atoms with Crippen LogP contribution in [0.3, 0.4) is 0 Å². The Labute approximate surface area is 123 Å². The summed E-state index contributed by atoms with van der Waals surface area (Å²) in [6.07, 6.45) is 2.72. The van der Waals surface area contributed by atoms with Crippen LogP contribution in [0.25, 0.3) is 10.8 Å². The first-order valence-corrected chi connectivity index (χ1v) is 8.19. The molecular weight excluding hydrogens is 298 g/mol. The lowest BCUT2D eigenvalue weighted by Gasteiger charge is -2.28. The van der Waals surface area contributed by atoms with Crippen molar-refractivity contribution in [1.82, 2.24) is 0 Å². The molecule has 3 rings (SSSR count). The summed E-state index contributed by atoms with van der Waals surface area (Å²) in [4.78, 5) is 2.54. The zero-order valence-corrected chi connectivity index (χ0v) is 13.0. The maximum atomic E-state index is 3.69. The van der Waals surface area contributed by atoms with E-state index in [1.807, 2.05) is 0 Å². The molecule has 0 heterocycles. The van der Waals surface area contributed by atoms with Gasteiger partial charge >= 0.3 is 0 Å². The Bertz CT molecular complexity index is 569. The van der Waals surface area contributed by atoms with Crippen LogP contribution in [0.4, 0.5) is 5.69 Å². The number of hydrogen-bond acceptors (Lipinski definition) is 1. The van der Waals surface area contributed by atoms with E-state index in [0.717, 1.165) is 11.9 Å². The fraction of sp³-hybridized carbons (Fsp3) is 0.412. The molecule has 1 fully saturated rings. The number of alkyl halides is 1. The van der Waals surface area contributed by atoms with Crippen molar-refractivity contribution < 1.29 is 0 Å². The topological polar surface area (TPSA) is 3.24 Å². The van der Waals surface area contributed by atoms with Crippen molar-refractivity contribution in [2.75, 3.05) is 23.3 Å². The van der Waals surface area contributed by atoms with Crippen LogP contribution in [0.5, 0.6) is 0 Å². The highest BCUT2D eigenvalue weighted by molar-refractivity contribution is 9.09. The van der Waals surface area contributed by atoms with Crippen molar-refractivity contribution in [3.8, 4) is 0 Å². The molecule has 19 heavy (non-hydrogen) atoms. The van der Waals surface area contributed by atoms with Crippen molar-refractivity contribution >= 4 is 32.4 Å². The average Bonchev–Trinajstić information content (AvgIpc) is 3.25. The maximum Gasteiger partial charge on any atom is 0.0445 e. The summed E-state index contributed by atoms with van der Waals surface area (Å²) >= 11 is 3.69. The molecule has 2 heteroatoms. The van der Waals surface area contributed by atoms with Crippen molar-refractivity contribution in [2.45, 2.75) is 19.8 Å². The van der Waals surface area contributed by atoms with Crippen LogP contribution in [0.1, 0.15) is 19.8 Å². The van der Waals surface area contributed by atoms with Gasteiger partial charge in [0, 0.05) is 29.5 Å². The SMILES string of the molecule is CCN(CC1(CBr)CC1)c1cccc2ccccc12. The van der Waals surface area contributed by atoms with Crippen molar-refractivity contribution in [1.29, 1.82) is 0 Å². The summed E-state index contributed by atoms with van der Waals surface area (Å²) in [5, 5.41) is 3.83. The van der Waals surface area contributed by atoms with Crippen LogP contribution in [0, 0.1) is 5.41 Å². The molecule has 0 bridgehead atoms. The number of halogens is 1. The minimum absolute atomic E-state index is 0.521. The van der Waals surface area contributed by atoms with Gasteiger partial charge in [-0.05, 0) is 36.6 Å². The van der Waals surface area contributed by atoms with Gasteiger partial charge in [-0.25, -0.2) is 0 Å². The third-order valence-electron chi connectivity index (χ3n) is 4.26. The van der Waals surface area contributed by atoms with E-state index in [1.165, 1.54) is 35.8 Å². The molecule has 0 unspecified atom stereocenters. The summed E-state index contributed by atoms with van der Waals surface area (Å²) < 4.78 is 0. The maximum absolute atomic E-state index is 3.69. The van der Waals surface area contributed by atoms with Gasteiger partial charge in [0.25, 0.3) is 0 Å². The van der Waals surface area contributed by atoms with E-state index in [1.54, 1.807) is 0 Å². The molecule has 2 aromatic carbocycles. The van der Waals surface area contributed by atoms with Gasteiger partial charge in [-0.3, -0.25) is 0 Å². The number of nitrogens with zero attached hydrogens (tertiary/aromatic N) is 1. The average molecular weight is 318 g/mol. The van der Waals surface area contributed by atoms with E-state index in [4.69, 9.17) is 0 Å². The van der Waals surface area contributed by atoms with Crippen LogP contribution in [0.2, 0.25) is 0 Å². The van der Waals surface area contributed by atoms with Gasteiger partial charge in [0.15, 0.2) is 0 Å². The van der Waals surface area contributed by atoms with Gasteiger partial charge in [-0.15, -0.1) is 0 Å². The Hall–Kier alpha value is -1.02. The second kappa shape index (κ2) is 5.16. The smallest absolute Gasteiger partial charge is 0.0445 e. The van der Waals surface area contributed by atoms with Crippen molar-refractivity contribution in [3.05, 3.63) is 42.5 Å². The summed E-state index contributed by atoms with van der Waals surface area (Å²) in [5.74, 6) is 0. The first-order valence-electron chi connectivity index (χ1n) is 7.07. The quantitative estimate of drug-likeness (QED) is 0.713. The second-order valence-electron chi connectivity index (χ2n) is 5.65. The Morgan fingerprint density at radius 2 is 1.84 bits per heavy atom. The first kappa shape index (κ1) is 13.0. The van der Waals surface area contributed by atoms with Gasteiger partial charge in [0.2, 0.25) is 0 Å². The highest BCUT2D eigenvalue weighted by Crippen LogP contribution is 2.48. The molecule has 0 aliphatic heterocycles. The predicted molar refractivity (Wildman–Crippen MR) is 87.3 cm³/mol. The third kappa shape index (κ3) is 2.51. The molecule has 1 aliphatic rings. The summed E-state index contributed by atoms with van der Waals surface area (Å²) in [6.45, 7) is 4.50. The molecular formula is C17H20BrN. The van der Waals surface area contributed by atoms with Gasteiger partial charge in [-0.2, -0.15) is 0 Å². The molecule has 0 radical (unpaired) electrons. The molecule has 1 saturated carbocycles. The number of rotatable bonds is 5. The molecule has 0 spiro atoms. The van der Waals surface area contributed by atoms with E-state index in [9.17, 15) is 0 Å². The zero-order chi connectivity index (χ0) is 13.3. The first-order chi connectivity index (χ1) is 9.28. The number of hydrogen-bond donors (Lipinski definition) is 0. The number of fused-ring (bicyclic) bond motifs is 1. The fourth-order valence-electron chi connectivity index (χ4n) is 2.77. The lowest BCUT2D eigenvalue weighted by molar-refractivity contribution is 0.569. The summed E-state index contributed by atoms with van der Waals surface area (Å²) in [7, 11) is 0. The predicted octanol–water partition coefficient (Wildman–Crippen LogP) is 4.84. The third-order valence-corrected chi connectivity index (χ3v) is 5.45. The molecule has 0 atom stereocenters. The second-order valence-corrected chi connectivity index (χ2v) is 6.21. The van der Waals surface area contributed by atoms with E-state index in [0.29, 0.717) is 5.41 Å². The summed E-state index contributed by atoms with van der Waals surface area (Å²) in [6, 6.07) is 15.3.